The second kappa shape index (κ2) is 8.74. The Morgan fingerprint density at radius 3 is 2.52 bits per heavy atom. The van der Waals surface area contributed by atoms with Crippen LogP contribution in [0.25, 0.3) is 0 Å². The second-order valence-corrected chi connectivity index (χ2v) is 5.97. The maximum Gasteiger partial charge on any atom is 0.224 e. The van der Waals surface area contributed by atoms with Crippen LogP contribution in [0.1, 0.15) is 18.5 Å². The van der Waals surface area contributed by atoms with Crippen LogP contribution in [-0.2, 0) is 4.79 Å². The van der Waals surface area contributed by atoms with Crippen molar-refractivity contribution in [3.63, 3.8) is 0 Å². The maximum absolute atomic E-state index is 12.4. The van der Waals surface area contributed by atoms with Crippen LogP contribution in [0.4, 0.5) is 0 Å². The molecule has 5 nitrogen and oxygen atoms in total. The smallest absolute Gasteiger partial charge is 0.224 e. The van der Waals surface area contributed by atoms with Crippen molar-refractivity contribution in [1.29, 1.82) is 0 Å². The van der Waals surface area contributed by atoms with Crippen molar-refractivity contribution in [2.24, 2.45) is 11.7 Å². The number of hydrogen-bond acceptors (Lipinski definition) is 4. The van der Waals surface area contributed by atoms with Crippen molar-refractivity contribution >= 4 is 18.3 Å². The summed E-state index contributed by atoms with van der Waals surface area (Å²) in [6.45, 7) is 2.63. The van der Waals surface area contributed by atoms with Crippen molar-refractivity contribution in [2.45, 2.75) is 19.1 Å². The predicted octanol–water partition coefficient (Wildman–Crippen LogP) is 2.70. The monoisotopic (exact) mass is 362 g/mol. The minimum absolute atomic E-state index is 0. The number of benzene rings is 2. The molecule has 0 aromatic heterocycles. The Labute approximate surface area is 153 Å². The van der Waals surface area contributed by atoms with Crippen molar-refractivity contribution in [2.75, 3.05) is 13.2 Å². The van der Waals surface area contributed by atoms with Gasteiger partial charge in [-0.25, -0.2) is 0 Å². The summed E-state index contributed by atoms with van der Waals surface area (Å²) in [7, 11) is 0. The van der Waals surface area contributed by atoms with E-state index in [-0.39, 0.29) is 36.4 Å². The number of hydrogen-bond donors (Lipinski definition) is 2. The van der Waals surface area contributed by atoms with Gasteiger partial charge in [-0.2, -0.15) is 0 Å². The summed E-state index contributed by atoms with van der Waals surface area (Å²) in [5.74, 6) is 1.02. The lowest BCUT2D eigenvalue weighted by Gasteiger charge is -2.27. The van der Waals surface area contributed by atoms with E-state index in [0.29, 0.717) is 18.9 Å². The van der Waals surface area contributed by atoms with Crippen molar-refractivity contribution < 1.29 is 14.3 Å². The number of amides is 1. The second-order valence-electron chi connectivity index (χ2n) is 5.97. The molecule has 1 heterocycles. The van der Waals surface area contributed by atoms with Gasteiger partial charge in [0.05, 0.1) is 12.5 Å². The molecule has 6 heteroatoms. The molecule has 3 rings (SSSR count). The largest absolute Gasteiger partial charge is 0.486 e. The topological polar surface area (TPSA) is 73.6 Å². The number of nitrogens with two attached hydrogens (primary N) is 1. The number of rotatable bonds is 5. The lowest BCUT2D eigenvalue weighted by atomic mass is 9.94. The lowest BCUT2D eigenvalue weighted by molar-refractivity contribution is -0.125. The van der Waals surface area contributed by atoms with E-state index in [4.69, 9.17) is 15.2 Å². The Bertz CT molecular complexity index is 696. The molecule has 3 atom stereocenters. The van der Waals surface area contributed by atoms with Gasteiger partial charge >= 0.3 is 0 Å². The standard InChI is InChI=1S/C19H22N2O3.ClH/c1-13(18(20)14-7-3-2-4-8-14)19(22)21-11-15-12-23-16-9-5-6-10-17(16)24-15;/h2-10,13,15,18H,11-12,20H2,1H3,(H,21,22);1H. The first-order chi connectivity index (χ1) is 11.6. The zero-order valence-electron chi connectivity index (χ0n) is 14.1. The van der Waals surface area contributed by atoms with E-state index >= 15 is 0 Å². The molecule has 0 bridgehead atoms. The van der Waals surface area contributed by atoms with Crippen molar-refractivity contribution in [3.05, 3.63) is 60.2 Å². The molecule has 134 valence electrons. The van der Waals surface area contributed by atoms with Crippen LogP contribution >= 0.6 is 12.4 Å². The van der Waals surface area contributed by atoms with Gasteiger partial charge in [0.15, 0.2) is 11.5 Å². The Kier molecular flexibility index (Phi) is 6.67. The van der Waals surface area contributed by atoms with Crippen LogP contribution in [0.3, 0.4) is 0 Å². The third-order valence-electron chi connectivity index (χ3n) is 4.21. The fourth-order valence-electron chi connectivity index (χ4n) is 2.67. The molecule has 3 N–H and O–H groups in total. The van der Waals surface area contributed by atoms with Crippen molar-refractivity contribution in [1.82, 2.24) is 5.32 Å². The van der Waals surface area contributed by atoms with Crippen LogP contribution in [0.5, 0.6) is 11.5 Å². The van der Waals surface area contributed by atoms with E-state index in [1.54, 1.807) is 0 Å². The Balaban J connectivity index is 0.00000225. The first-order valence-electron chi connectivity index (χ1n) is 8.12. The summed E-state index contributed by atoms with van der Waals surface area (Å²) in [6, 6.07) is 16.8. The number of para-hydroxylation sites is 2. The summed E-state index contributed by atoms with van der Waals surface area (Å²) in [4.78, 5) is 12.4. The molecule has 2 aromatic rings. The zero-order valence-corrected chi connectivity index (χ0v) is 14.9. The van der Waals surface area contributed by atoms with Crippen LogP contribution in [0.15, 0.2) is 54.6 Å². The SMILES string of the molecule is CC(C(=O)NCC1COc2ccccc2O1)C(N)c1ccccc1.Cl. The van der Waals surface area contributed by atoms with Gasteiger partial charge < -0.3 is 20.5 Å². The fourth-order valence-corrected chi connectivity index (χ4v) is 2.67. The van der Waals surface area contributed by atoms with E-state index in [1.165, 1.54) is 0 Å². The van der Waals surface area contributed by atoms with E-state index in [0.717, 1.165) is 11.3 Å². The number of nitrogens with one attached hydrogen (secondary N) is 1. The molecule has 0 aliphatic carbocycles. The first kappa shape index (κ1) is 19.1. The summed E-state index contributed by atoms with van der Waals surface area (Å²) >= 11 is 0. The average Bonchev–Trinajstić information content (AvgIpc) is 2.65. The lowest BCUT2D eigenvalue weighted by Crippen LogP contribution is -2.43. The van der Waals surface area contributed by atoms with Gasteiger partial charge in [0.1, 0.15) is 12.7 Å². The van der Waals surface area contributed by atoms with Gasteiger partial charge in [0, 0.05) is 6.04 Å². The van der Waals surface area contributed by atoms with Gasteiger partial charge in [0.2, 0.25) is 5.91 Å². The van der Waals surface area contributed by atoms with Crippen LogP contribution < -0.4 is 20.5 Å². The van der Waals surface area contributed by atoms with Gasteiger partial charge in [0.25, 0.3) is 0 Å². The van der Waals surface area contributed by atoms with Crippen LogP contribution in [-0.4, -0.2) is 25.2 Å². The summed E-state index contributed by atoms with van der Waals surface area (Å²) < 4.78 is 11.5. The molecular formula is C19H23ClN2O3. The molecule has 3 unspecified atom stereocenters. The highest BCUT2D eigenvalue weighted by Crippen LogP contribution is 2.30. The summed E-state index contributed by atoms with van der Waals surface area (Å²) in [5, 5.41) is 2.91. The molecule has 1 amide bonds. The molecule has 2 aromatic carbocycles. The van der Waals surface area contributed by atoms with E-state index in [1.807, 2.05) is 61.5 Å². The van der Waals surface area contributed by atoms with Crippen molar-refractivity contribution in [3.8, 4) is 11.5 Å². The summed E-state index contributed by atoms with van der Waals surface area (Å²) in [6.07, 6.45) is -0.205. The minimum atomic E-state index is -0.338. The minimum Gasteiger partial charge on any atom is -0.486 e. The third-order valence-corrected chi connectivity index (χ3v) is 4.21. The average molecular weight is 363 g/mol. The van der Waals surface area contributed by atoms with E-state index < -0.39 is 0 Å². The number of carbonyl (C=O) groups is 1. The zero-order chi connectivity index (χ0) is 16.9. The molecule has 0 saturated carbocycles. The number of ether oxygens (including phenoxy) is 2. The Hall–Kier alpha value is -2.24. The highest BCUT2D eigenvalue weighted by Gasteiger charge is 2.25. The number of carbonyl (C=O) groups excluding carboxylic acids is 1. The fraction of sp³-hybridized carbons (Fsp3) is 0.316. The van der Waals surface area contributed by atoms with Crippen LogP contribution in [0.2, 0.25) is 0 Å². The normalized spacial score (nSPS) is 17.8. The predicted molar refractivity (Wildman–Crippen MR) is 99.1 cm³/mol. The van der Waals surface area contributed by atoms with Gasteiger partial charge in [-0.1, -0.05) is 49.4 Å². The summed E-state index contributed by atoms with van der Waals surface area (Å²) in [5.41, 5.74) is 7.14. The van der Waals surface area contributed by atoms with Gasteiger partial charge in [-0.05, 0) is 17.7 Å². The van der Waals surface area contributed by atoms with E-state index in [2.05, 4.69) is 5.32 Å². The molecule has 0 radical (unpaired) electrons. The van der Waals surface area contributed by atoms with Gasteiger partial charge in [-0.3, -0.25) is 4.79 Å². The Morgan fingerprint density at radius 2 is 1.80 bits per heavy atom. The molecule has 0 spiro atoms. The Morgan fingerprint density at radius 1 is 1.16 bits per heavy atom. The molecule has 1 aliphatic heterocycles. The highest BCUT2D eigenvalue weighted by atomic mass is 35.5. The molecule has 1 aliphatic rings. The van der Waals surface area contributed by atoms with Crippen LogP contribution in [0, 0.1) is 5.92 Å². The number of halogens is 1. The molecular weight excluding hydrogens is 340 g/mol. The maximum atomic E-state index is 12.4. The third kappa shape index (κ3) is 4.65. The molecule has 25 heavy (non-hydrogen) atoms. The van der Waals surface area contributed by atoms with E-state index in [9.17, 15) is 4.79 Å². The highest BCUT2D eigenvalue weighted by molar-refractivity contribution is 5.85. The molecule has 0 fully saturated rings. The number of fused-ring (bicyclic) bond motifs is 1. The van der Waals surface area contributed by atoms with Gasteiger partial charge in [-0.15, -0.1) is 12.4 Å². The molecule has 0 saturated heterocycles. The first-order valence-corrected chi connectivity index (χ1v) is 8.12. The quantitative estimate of drug-likeness (QED) is 0.857.